The van der Waals surface area contributed by atoms with Gasteiger partial charge in [-0.2, -0.15) is 0 Å². The van der Waals surface area contributed by atoms with Gasteiger partial charge in [0.2, 0.25) is 0 Å². The molecule has 2 atom stereocenters. The molecule has 0 aromatic heterocycles. The lowest BCUT2D eigenvalue weighted by Crippen LogP contribution is -2.46. The summed E-state index contributed by atoms with van der Waals surface area (Å²) in [4.78, 5) is 26.4. The maximum absolute atomic E-state index is 13.3. The van der Waals surface area contributed by atoms with E-state index in [1.165, 1.54) is 0 Å². The molecule has 0 saturated carbocycles. The molecule has 0 bridgehead atoms. The minimum absolute atomic E-state index is 0.00604. The maximum atomic E-state index is 13.3. The van der Waals surface area contributed by atoms with Gasteiger partial charge in [-0.05, 0) is 38.4 Å². The maximum Gasteiger partial charge on any atom is 0.192 e. The fraction of sp³-hybridized carbons (Fsp3) is 0.478. The summed E-state index contributed by atoms with van der Waals surface area (Å²) in [6.07, 6.45) is 2.48. The average molecular weight is 383 g/mol. The molecule has 0 N–H and O–H groups in total. The highest BCUT2D eigenvalue weighted by molar-refractivity contribution is 6.74. The number of ketones is 2. The van der Waals surface area contributed by atoms with Gasteiger partial charge in [-0.1, -0.05) is 56.7 Å². The van der Waals surface area contributed by atoms with E-state index < -0.39 is 8.32 Å². The number of benzene rings is 1. The third kappa shape index (κ3) is 3.30. The molecule has 0 aliphatic heterocycles. The van der Waals surface area contributed by atoms with Crippen molar-refractivity contribution in [1.82, 2.24) is 0 Å². The monoisotopic (exact) mass is 382 g/mol. The molecular formula is C23H30O3Si. The van der Waals surface area contributed by atoms with E-state index >= 15 is 0 Å². The summed E-state index contributed by atoms with van der Waals surface area (Å²) in [5, 5.41) is 0.0871. The number of allylic oxidation sites excluding steroid dienone is 2. The predicted molar refractivity (Wildman–Crippen MR) is 112 cm³/mol. The van der Waals surface area contributed by atoms with Gasteiger partial charge in [-0.25, -0.2) is 0 Å². The first-order valence-electron chi connectivity index (χ1n) is 9.71. The van der Waals surface area contributed by atoms with E-state index in [1.54, 1.807) is 12.1 Å². The predicted octanol–water partition coefficient (Wildman–Crippen LogP) is 5.74. The van der Waals surface area contributed by atoms with Crippen LogP contribution in [0.25, 0.3) is 0 Å². The van der Waals surface area contributed by atoms with Gasteiger partial charge in [0, 0.05) is 28.2 Å². The highest BCUT2D eigenvalue weighted by atomic mass is 28.4. The van der Waals surface area contributed by atoms with E-state index in [4.69, 9.17) is 4.43 Å². The smallest absolute Gasteiger partial charge is 0.192 e. The van der Waals surface area contributed by atoms with Crippen molar-refractivity contribution in [3.63, 3.8) is 0 Å². The van der Waals surface area contributed by atoms with Gasteiger partial charge < -0.3 is 4.43 Å². The highest BCUT2D eigenvalue weighted by Gasteiger charge is 2.44. The van der Waals surface area contributed by atoms with Crippen LogP contribution in [0.5, 0.6) is 0 Å². The Hall–Kier alpha value is -1.78. The Bertz CT molecular complexity index is 868. The molecule has 0 saturated heterocycles. The Labute approximate surface area is 163 Å². The summed E-state index contributed by atoms with van der Waals surface area (Å²) in [6.45, 7) is 15.2. The van der Waals surface area contributed by atoms with Gasteiger partial charge in [0.15, 0.2) is 19.9 Å². The van der Waals surface area contributed by atoms with Crippen molar-refractivity contribution < 1.29 is 14.0 Å². The van der Waals surface area contributed by atoms with Crippen molar-refractivity contribution >= 4 is 19.9 Å². The molecule has 144 valence electrons. The van der Waals surface area contributed by atoms with Crippen molar-refractivity contribution in [1.29, 1.82) is 0 Å². The Morgan fingerprint density at radius 3 is 2.19 bits per heavy atom. The molecule has 0 radical (unpaired) electrons. The van der Waals surface area contributed by atoms with Gasteiger partial charge in [0.25, 0.3) is 0 Å². The van der Waals surface area contributed by atoms with Crippen LogP contribution in [0.1, 0.15) is 61.8 Å². The van der Waals surface area contributed by atoms with Crippen LogP contribution in [-0.2, 0) is 4.43 Å². The number of hydrogen-bond donors (Lipinski definition) is 0. The molecule has 2 aliphatic carbocycles. The molecule has 3 nitrogen and oxygen atoms in total. The first kappa shape index (κ1) is 20.0. The first-order valence-corrected chi connectivity index (χ1v) is 12.6. The summed E-state index contributed by atoms with van der Waals surface area (Å²) in [5.41, 5.74) is 3.50. The largest absolute Gasteiger partial charge is 0.413 e. The standard InChI is InChI=1S/C23H30O3Si/c1-14-12-13-18-20(19(14)15(2)26-27(6,7)23(3,4)5)22(25)17-11-9-8-10-16(17)21(18)24/h8-12,15,19H,13H2,1-7H3/t15-,19+/m0/s1. The zero-order valence-electron chi connectivity index (χ0n) is 17.5. The van der Waals surface area contributed by atoms with E-state index in [1.807, 2.05) is 12.1 Å². The molecule has 0 heterocycles. The summed E-state index contributed by atoms with van der Waals surface area (Å²) in [7, 11) is -1.99. The molecule has 2 aliphatic rings. The lowest BCUT2D eigenvalue weighted by molar-refractivity contribution is 0.0939. The van der Waals surface area contributed by atoms with Gasteiger partial charge in [-0.3, -0.25) is 9.59 Å². The second-order valence-corrected chi connectivity index (χ2v) is 14.1. The Morgan fingerprint density at radius 1 is 1.07 bits per heavy atom. The fourth-order valence-electron chi connectivity index (χ4n) is 3.91. The summed E-state index contributed by atoms with van der Waals surface area (Å²) in [6, 6.07) is 7.17. The van der Waals surface area contributed by atoms with E-state index in [0.717, 1.165) is 5.57 Å². The lowest BCUT2D eigenvalue weighted by atomic mass is 9.71. The first-order chi connectivity index (χ1) is 12.5. The van der Waals surface area contributed by atoms with E-state index in [9.17, 15) is 9.59 Å². The number of rotatable bonds is 3. The fourth-order valence-corrected chi connectivity index (χ4v) is 5.33. The average Bonchev–Trinajstić information content (AvgIpc) is 2.57. The molecule has 0 fully saturated rings. The molecule has 3 rings (SSSR count). The van der Waals surface area contributed by atoms with Crippen LogP contribution in [0.2, 0.25) is 18.1 Å². The SMILES string of the molecule is CC1=CCC2=C(C(=O)c3ccccc3C2=O)[C@H]1[C@H](C)O[Si](C)(C)C(C)(C)C. The molecule has 1 aromatic rings. The van der Waals surface area contributed by atoms with E-state index in [-0.39, 0.29) is 28.6 Å². The topological polar surface area (TPSA) is 43.4 Å². The molecule has 27 heavy (non-hydrogen) atoms. The van der Waals surface area contributed by atoms with Gasteiger partial charge >= 0.3 is 0 Å². The molecule has 4 heteroatoms. The summed E-state index contributed by atoms with van der Waals surface area (Å²) < 4.78 is 6.63. The van der Waals surface area contributed by atoms with Crippen LogP contribution >= 0.6 is 0 Å². The van der Waals surface area contributed by atoms with Crippen molar-refractivity contribution in [2.45, 2.75) is 65.3 Å². The Kier molecular flexibility index (Phi) is 4.94. The van der Waals surface area contributed by atoms with Gasteiger partial charge in [0.1, 0.15) is 0 Å². The number of carbonyl (C=O) groups excluding carboxylic acids is 2. The van der Waals surface area contributed by atoms with Crippen LogP contribution in [-0.4, -0.2) is 26.0 Å². The Morgan fingerprint density at radius 2 is 1.63 bits per heavy atom. The molecule has 1 aromatic carbocycles. The lowest BCUT2D eigenvalue weighted by Gasteiger charge is -2.42. The second kappa shape index (κ2) is 6.68. The number of hydrogen-bond acceptors (Lipinski definition) is 3. The van der Waals surface area contributed by atoms with Crippen LogP contribution in [0.15, 0.2) is 47.1 Å². The van der Waals surface area contributed by atoms with E-state index in [0.29, 0.717) is 28.7 Å². The van der Waals surface area contributed by atoms with Crippen LogP contribution in [0, 0.1) is 5.92 Å². The normalized spacial score (nSPS) is 21.6. The van der Waals surface area contributed by atoms with Crippen LogP contribution in [0.4, 0.5) is 0 Å². The van der Waals surface area contributed by atoms with Crippen molar-refractivity contribution in [3.05, 3.63) is 58.2 Å². The summed E-state index contributed by atoms with van der Waals surface area (Å²) >= 11 is 0. The molecular weight excluding hydrogens is 352 g/mol. The number of Topliss-reactive ketones (excluding diaryl/α,β-unsaturated/α-hetero) is 2. The van der Waals surface area contributed by atoms with Gasteiger partial charge in [0.05, 0.1) is 6.10 Å². The van der Waals surface area contributed by atoms with Crippen LogP contribution < -0.4 is 0 Å². The van der Waals surface area contributed by atoms with Gasteiger partial charge in [-0.15, -0.1) is 0 Å². The van der Waals surface area contributed by atoms with Crippen molar-refractivity contribution in [2.24, 2.45) is 5.92 Å². The quantitative estimate of drug-likeness (QED) is 0.494. The van der Waals surface area contributed by atoms with Crippen LogP contribution in [0.3, 0.4) is 0 Å². The minimum atomic E-state index is -1.99. The highest BCUT2D eigenvalue weighted by Crippen LogP contribution is 2.43. The summed E-state index contributed by atoms with van der Waals surface area (Å²) in [5.74, 6) is -0.176. The van der Waals surface area contributed by atoms with E-state index in [2.05, 4.69) is 53.8 Å². The number of fused-ring (bicyclic) bond motifs is 1. The third-order valence-electron chi connectivity index (χ3n) is 6.45. The second-order valence-electron chi connectivity index (χ2n) is 9.31. The minimum Gasteiger partial charge on any atom is -0.413 e. The Balaban J connectivity index is 2.03. The third-order valence-corrected chi connectivity index (χ3v) is 11.0. The van der Waals surface area contributed by atoms with Crippen molar-refractivity contribution in [2.75, 3.05) is 0 Å². The zero-order valence-corrected chi connectivity index (χ0v) is 18.5. The number of carbonyl (C=O) groups is 2. The molecule has 0 amide bonds. The molecule has 0 unspecified atom stereocenters. The molecule has 0 spiro atoms. The zero-order chi connectivity index (χ0) is 20.1. The van der Waals surface area contributed by atoms with Crippen molar-refractivity contribution in [3.8, 4) is 0 Å².